The first-order valence-corrected chi connectivity index (χ1v) is 12.1. The number of pyridine rings is 1. The normalized spacial score (nSPS) is 15.7. The average molecular weight is 499 g/mol. The summed E-state index contributed by atoms with van der Waals surface area (Å²) < 4.78 is 23.8. The second-order valence-electron chi connectivity index (χ2n) is 9.72. The number of rotatable bonds is 10. The molecule has 1 aliphatic heterocycles. The summed E-state index contributed by atoms with van der Waals surface area (Å²) >= 11 is 0. The fraction of sp³-hybridized carbons (Fsp3) is 0.321. The summed E-state index contributed by atoms with van der Waals surface area (Å²) in [5, 5.41) is 12.6. The quantitative estimate of drug-likeness (QED) is 0.247. The molecule has 0 unspecified atom stereocenters. The zero-order chi connectivity index (χ0) is 26.5. The molecule has 9 heteroatoms. The summed E-state index contributed by atoms with van der Waals surface area (Å²) in [6.07, 6.45) is 0.752. The van der Waals surface area contributed by atoms with E-state index in [1.165, 1.54) is 0 Å². The Morgan fingerprint density at radius 3 is 2.46 bits per heavy atom. The van der Waals surface area contributed by atoms with Gasteiger partial charge in [-0.05, 0) is 56.9 Å². The molecule has 0 spiro atoms. The van der Waals surface area contributed by atoms with Gasteiger partial charge in [0.25, 0.3) is 0 Å². The third-order valence-corrected chi connectivity index (χ3v) is 6.56. The van der Waals surface area contributed by atoms with E-state index >= 15 is 0 Å². The fourth-order valence-electron chi connectivity index (χ4n) is 3.75. The van der Waals surface area contributed by atoms with Crippen LogP contribution in [0.25, 0.3) is 0 Å². The molecule has 1 N–H and O–H groups in total. The van der Waals surface area contributed by atoms with Crippen LogP contribution >= 0.6 is 0 Å². The van der Waals surface area contributed by atoms with Gasteiger partial charge in [0, 0.05) is 18.2 Å². The van der Waals surface area contributed by atoms with E-state index in [9.17, 15) is 10.1 Å². The Balaban J connectivity index is 1.41. The maximum absolute atomic E-state index is 11.9. The zero-order valence-electron chi connectivity index (χ0n) is 21.5. The van der Waals surface area contributed by atoms with Gasteiger partial charge in [0.2, 0.25) is 5.88 Å². The molecule has 1 saturated heterocycles. The number of hydrogen-bond acceptors (Lipinski definition) is 8. The molecule has 2 heterocycles. The maximum Gasteiger partial charge on any atom is 0.495 e. The molecule has 1 aliphatic rings. The molecule has 0 bridgehead atoms. The second kappa shape index (κ2) is 11.1. The molecule has 1 aromatic heterocycles. The number of ether oxygens (including phenoxy) is 2. The van der Waals surface area contributed by atoms with Crippen molar-refractivity contribution in [2.24, 2.45) is 0 Å². The van der Waals surface area contributed by atoms with Crippen molar-refractivity contribution in [2.75, 3.05) is 18.5 Å². The summed E-state index contributed by atoms with van der Waals surface area (Å²) in [4.78, 5) is 16.3. The molecule has 1 fully saturated rings. The van der Waals surface area contributed by atoms with Crippen molar-refractivity contribution in [3.05, 3.63) is 77.4 Å². The van der Waals surface area contributed by atoms with Crippen molar-refractivity contribution in [3.63, 3.8) is 0 Å². The fourth-order valence-corrected chi connectivity index (χ4v) is 3.75. The number of benzene rings is 2. The molecule has 2 aromatic carbocycles. The van der Waals surface area contributed by atoms with Crippen molar-refractivity contribution >= 4 is 24.7 Å². The largest absolute Gasteiger partial charge is 0.495 e. The van der Waals surface area contributed by atoms with Gasteiger partial charge in [0.1, 0.15) is 23.9 Å². The van der Waals surface area contributed by atoms with Crippen molar-refractivity contribution in [1.82, 2.24) is 4.98 Å². The number of anilines is 1. The number of nitrogens with zero attached hydrogens (tertiary/aromatic N) is 2. The monoisotopic (exact) mass is 499 g/mol. The Kier molecular flexibility index (Phi) is 7.93. The van der Waals surface area contributed by atoms with Gasteiger partial charge in [-0.15, -0.1) is 0 Å². The molecule has 0 saturated carbocycles. The van der Waals surface area contributed by atoms with Crippen molar-refractivity contribution in [3.8, 4) is 17.7 Å². The van der Waals surface area contributed by atoms with E-state index < -0.39 is 18.3 Å². The summed E-state index contributed by atoms with van der Waals surface area (Å²) in [6, 6.07) is 20.4. The Morgan fingerprint density at radius 1 is 1.05 bits per heavy atom. The van der Waals surface area contributed by atoms with Crippen LogP contribution in [0.5, 0.6) is 11.6 Å². The topological polar surface area (TPSA) is 103 Å². The highest BCUT2D eigenvalue weighted by atomic mass is 16.7. The third-order valence-electron chi connectivity index (χ3n) is 6.56. The number of carbonyl (C=O) groups excluding carboxylic acids is 1. The lowest BCUT2D eigenvalue weighted by atomic mass is 9.76. The molecule has 4 rings (SSSR count). The van der Waals surface area contributed by atoms with E-state index in [1.807, 2.05) is 58.0 Å². The minimum Gasteiger partial charge on any atom is -0.439 e. The summed E-state index contributed by atoms with van der Waals surface area (Å²) in [5.74, 6) is 1.11. The van der Waals surface area contributed by atoms with Crippen LogP contribution in [0.4, 0.5) is 5.82 Å². The maximum atomic E-state index is 11.9. The highest BCUT2D eigenvalue weighted by Crippen LogP contribution is 2.37. The molecule has 8 nitrogen and oxygen atoms in total. The van der Waals surface area contributed by atoms with Gasteiger partial charge in [-0.3, -0.25) is 4.79 Å². The highest BCUT2D eigenvalue weighted by molar-refractivity contribution is 6.63. The standard InChI is InChI=1S/C28H30BN3O5/c1-27(2)28(3,4)37-29(36-27)24-12-11-23(16-22(24)18-33)35-25-13-10-21(17-30)26(32-25)31-14-15-34-19-20-8-6-5-7-9-20/h5-13,16,18H,14-15,19H2,1-4H3,(H,31,32). The SMILES string of the molecule is CC1(C)OB(c2ccc(Oc3ccc(C#N)c(NCCOCc4ccccc4)n3)cc2C=O)OC1(C)C. The number of aromatic nitrogens is 1. The number of nitrogens with one attached hydrogen (secondary N) is 1. The minimum atomic E-state index is -0.660. The summed E-state index contributed by atoms with van der Waals surface area (Å²) in [5.41, 5.74) is 1.48. The number of nitriles is 1. The lowest BCUT2D eigenvalue weighted by molar-refractivity contribution is 0.00578. The summed E-state index contributed by atoms with van der Waals surface area (Å²) in [6.45, 7) is 9.26. The lowest BCUT2D eigenvalue weighted by Gasteiger charge is -2.32. The summed E-state index contributed by atoms with van der Waals surface area (Å²) in [7, 11) is -0.660. The first-order chi connectivity index (χ1) is 17.7. The Labute approximate surface area is 217 Å². The van der Waals surface area contributed by atoms with Crippen LogP contribution in [0.2, 0.25) is 0 Å². The molecule has 0 radical (unpaired) electrons. The van der Waals surface area contributed by atoms with Crippen LogP contribution in [0.15, 0.2) is 60.7 Å². The lowest BCUT2D eigenvalue weighted by Crippen LogP contribution is -2.41. The average Bonchev–Trinajstić information content (AvgIpc) is 3.10. The first-order valence-electron chi connectivity index (χ1n) is 12.1. The highest BCUT2D eigenvalue weighted by Gasteiger charge is 2.52. The minimum absolute atomic E-state index is 0.284. The Morgan fingerprint density at radius 2 is 1.78 bits per heavy atom. The Bertz CT molecular complexity index is 1270. The van der Waals surface area contributed by atoms with Crippen LogP contribution in [0.3, 0.4) is 0 Å². The van der Waals surface area contributed by atoms with Crippen LogP contribution < -0.4 is 15.5 Å². The predicted molar refractivity (Wildman–Crippen MR) is 141 cm³/mol. The molecule has 37 heavy (non-hydrogen) atoms. The Hall–Kier alpha value is -3.71. The van der Waals surface area contributed by atoms with Gasteiger partial charge >= 0.3 is 7.12 Å². The molecule has 0 aliphatic carbocycles. The van der Waals surface area contributed by atoms with Crippen LogP contribution in [-0.4, -0.2) is 42.7 Å². The number of aldehydes is 1. The van der Waals surface area contributed by atoms with Crippen molar-refractivity contribution < 1.29 is 23.6 Å². The molecule has 190 valence electrons. The van der Waals surface area contributed by atoms with Gasteiger partial charge in [0.05, 0.1) is 30.0 Å². The van der Waals surface area contributed by atoms with Gasteiger partial charge in [-0.1, -0.05) is 36.4 Å². The molecular formula is C28H30BN3O5. The van der Waals surface area contributed by atoms with Gasteiger partial charge < -0.3 is 24.1 Å². The number of hydrogen-bond donors (Lipinski definition) is 1. The van der Waals surface area contributed by atoms with E-state index in [0.717, 1.165) is 11.8 Å². The zero-order valence-corrected chi connectivity index (χ0v) is 21.5. The van der Waals surface area contributed by atoms with E-state index in [4.69, 9.17) is 18.8 Å². The van der Waals surface area contributed by atoms with E-state index in [0.29, 0.717) is 47.9 Å². The molecular weight excluding hydrogens is 469 g/mol. The van der Waals surface area contributed by atoms with Gasteiger partial charge in [0.15, 0.2) is 0 Å². The van der Waals surface area contributed by atoms with Crippen molar-refractivity contribution in [1.29, 1.82) is 5.26 Å². The van der Waals surface area contributed by atoms with Gasteiger partial charge in [-0.25, -0.2) is 0 Å². The van der Waals surface area contributed by atoms with E-state index in [-0.39, 0.29) is 5.88 Å². The first kappa shape index (κ1) is 26.4. The van der Waals surface area contributed by atoms with Crippen molar-refractivity contribution in [2.45, 2.75) is 45.5 Å². The molecule has 0 amide bonds. The smallest absolute Gasteiger partial charge is 0.439 e. The molecule has 0 atom stereocenters. The third kappa shape index (κ3) is 6.17. The van der Waals surface area contributed by atoms with Crippen LogP contribution in [0, 0.1) is 11.3 Å². The number of carbonyl (C=O) groups is 1. The van der Waals surface area contributed by atoms with Gasteiger partial charge in [-0.2, -0.15) is 10.2 Å². The van der Waals surface area contributed by atoms with Crippen LogP contribution in [0.1, 0.15) is 49.2 Å². The van der Waals surface area contributed by atoms with E-state index in [1.54, 1.807) is 30.3 Å². The predicted octanol–water partition coefficient (Wildman–Crippen LogP) is 4.49. The van der Waals surface area contributed by atoms with E-state index in [2.05, 4.69) is 16.4 Å². The van der Waals surface area contributed by atoms with Crippen LogP contribution in [-0.2, 0) is 20.7 Å². The second-order valence-corrected chi connectivity index (χ2v) is 9.72. The molecule has 3 aromatic rings.